The lowest BCUT2D eigenvalue weighted by Gasteiger charge is -2.32. The van der Waals surface area contributed by atoms with Crippen LogP contribution in [-0.2, 0) is 12.7 Å². The zero-order valence-corrected chi connectivity index (χ0v) is 18.8. The van der Waals surface area contributed by atoms with Crippen molar-refractivity contribution < 1.29 is 22.6 Å². The second kappa shape index (κ2) is 9.96. The van der Waals surface area contributed by atoms with E-state index in [1.807, 2.05) is 17.0 Å². The molecule has 0 heterocycles. The van der Waals surface area contributed by atoms with Gasteiger partial charge >= 0.3 is 6.18 Å². The van der Waals surface area contributed by atoms with Crippen LogP contribution in [0.1, 0.15) is 36.8 Å². The molecule has 0 aromatic heterocycles. The summed E-state index contributed by atoms with van der Waals surface area (Å²) in [5.74, 6) is 1.33. The number of hydrogen-bond donors (Lipinski definition) is 1. The number of alkyl halides is 3. The van der Waals surface area contributed by atoms with Crippen molar-refractivity contribution in [3.8, 4) is 11.5 Å². The molecule has 3 rings (SSSR count). The fraction of sp³-hybridized carbons (Fsp3) is 0.409. The van der Waals surface area contributed by atoms with Crippen molar-refractivity contribution in [3.05, 3.63) is 52.5 Å². The molecule has 4 nitrogen and oxygen atoms in total. The van der Waals surface area contributed by atoms with Crippen molar-refractivity contribution in [3.63, 3.8) is 0 Å². The highest BCUT2D eigenvalue weighted by Crippen LogP contribution is 2.35. The highest BCUT2D eigenvalue weighted by atomic mass is 35.5. The zero-order chi connectivity index (χ0) is 22.6. The number of halogens is 4. The Kier molecular flexibility index (Phi) is 7.54. The standard InChI is InChI=1S/C22H24ClF3N2O2S/c1-29-17-9-7-14(20(12-17)30-2)13-28(16-5-3-4-6-16)21(31)27-19-11-15(22(24,25)26)8-10-18(19)23/h7-12,16H,3-6,13H2,1-2H3,(H,27,31). The second-order valence-electron chi connectivity index (χ2n) is 7.37. The number of methoxy groups -OCH3 is 2. The Hall–Kier alpha value is -2.19. The summed E-state index contributed by atoms with van der Waals surface area (Å²) < 4.78 is 50.2. The Morgan fingerprint density at radius 3 is 2.45 bits per heavy atom. The summed E-state index contributed by atoms with van der Waals surface area (Å²) in [5, 5.41) is 3.44. The lowest BCUT2D eigenvalue weighted by Crippen LogP contribution is -2.41. The molecule has 0 bridgehead atoms. The first-order valence-electron chi connectivity index (χ1n) is 9.88. The van der Waals surface area contributed by atoms with E-state index in [-0.39, 0.29) is 16.8 Å². The maximum absolute atomic E-state index is 13.1. The monoisotopic (exact) mass is 472 g/mol. The fourth-order valence-corrected chi connectivity index (χ4v) is 4.22. The van der Waals surface area contributed by atoms with Gasteiger partial charge in [0.1, 0.15) is 11.5 Å². The number of rotatable bonds is 6. The largest absolute Gasteiger partial charge is 0.497 e. The fourth-order valence-electron chi connectivity index (χ4n) is 3.73. The van der Waals surface area contributed by atoms with Gasteiger partial charge in [-0.2, -0.15) is 13.2 Å². The number of nitrogens with zero attached hydrogens (tertiary/aromatic N) is 1. The highest BCUT2D eigenvalue weighted by molar-refractivity contribution is 7.80. The molecule has 0 unspecified atom stereocenters. The smallest absolute Gasteiger partial charge is 0.416 e. The van der Waals surface area contributed by atoms with Crippen LogP contribution < -0.4 is 14.8 Å². The Labute approximate surface area is 190 Å². The number of hydrogen-bond acceptors (Lipinski definition) is 3. The van der Waals surface area contributed by atoms with Crippen LogP contribution in [0.15, 0.2) is 36.4 Å². The predicted molar refractivity (Wildman–Crippen MR) is 120 cm³/mol. The van der Waals surface area contributed by atoms with Crippen LogP contribution in [0.3, 0.4) is 0 Å². The van der Waals surface area contributed by atoms with Crippen molar-refractivity contribution in [1.82, 2.24) is 4.90 Å². The van der Waals surface area contributed by atoms with Gasteiger partial charge in [0.05, 0.1) is 30.5 Å². The molecule has 1 N–H and O–H groups in total. The Bertz CT molecular complexity index is 933. The molecule has 0 amide bonds. The van der Waals surface area contributed by atoms with Gasteiger partial charge in [-0.3, -0.25) is 0 Å². The summed E-state index contributed by atoms with van der Waals surface area (Å²) in [4.78, 5) is 2.00. The van der Waals surface area contributed by atoms with Crippen LogP contribution in [0.4, 0.5) is 18.9 Å². The maximum atomic E-state index is 13.1. The number of anilines is 1. The van der Waals surface area contributed by atoms with Crippen LogP contribution >= 0.6 is 23.8 Å². The van der Waals surface area contributed by atoms with E-state index in [0.717, 1.165) is 43.4 Å². The van der Waals surface area contributed by atoms with Gasteiger partial charge < -0.3 is 19.7 Å². The molecule has 2 aromatic carbocycles. The molecule has 2 aromatic rings. The molecule has 1 aliphatic carbocycles. The third-order valence-corrected chi connectivity index (χ3v) is 6.06. The molecule has 1 aliphatic rings. The average Bonchev–Trinajstić information content (AvgIpc) is 3.27. The predicted octanol–water partition coefficient (Wildman–Crippen LogP) is 6.52. The van der Waals surface area contributed by atoms with Gasteiger partial charge in [-0.1, -0.05) is 24.4 Å². The third-order valence-electron chi connectivity index (χ3n) is 5.40. The summed E-state index contributed by atoms with van der Waals surface area (Å²) in [7, 11) is 3.16. The molecule has 1 fully saturated rings. The summed E-state index contributed by atoms with van der Waals surface area (Å²) in [6.45, 7) is 0.445. The van der Waals surface area contributed by atoms with Crippen molar-refractivity contribution in [2.45, 2.75) is 44.4 Å². The number of nitrogens with one attached hydrogen (secondary N) is 1. The van der Waals surface area contributed by atoms with Gasteiger partial charge in [0.2, 0.25) is 0 Å². The SMILES string of the molecule is COc1ccc(CN(C(=S)Nc2cc(C(F)(F)F)ccc2Cl)C2CCCC2)c(OC)c1. The molecule has 9 heteroatoms. The Morgan fingerprint density at radius 1 is 1.13 bits per heavy atom. The molecule has 168 valence electrons. The Balaban J connectivity index is 1.87. The van der Waals surface area contributed by atoms with Crippen LogP contribution in [0.25, 0.3) is 0 Å². The van der Waals surface area contributed by atoms with Gasteiger partial charge in [0.15, 0.2) is 5.11 Å². The van der Waals surface area contributed by atoms with Crippen LogP contribution in [0.2, 0.25) is 5.02 Å². The van der Waals surface area contributed by atoms with E-state index in [9.17, 15) is 13.2 Å². The van der Waals surface area contributed by atoms with E-state index in [4.69, 9.17) is 33.3 Å². The molecular formula is C22H24ClF3N2O2S. The second-order valence-corrected chi connectivity index (χ2v) is 8.16. The lowest BCUT2D eigenvalue weighted by molar-refractivity contribution is -0.137. The summed E-state index contributed by atoms with van der Waals surface area (Å²) >= 11 is 11.8. The van der Waals surface area contributed by atoms with Crippen molar-refractivity contribution in [1.29, 1.82) is 0 Å². The van der Waals surface area contributed by atoms with Crippen molar-refractivity contribution in [2.24, 2.45) is 0 Å². The van der Waals surface area contributed by atoms with Gasteiger partial charge in [-0.05, 0) is 55.4 Å². The molecule has 0 saturated heterocycles. The van der Waals surface area contributed by atoms with Crippen LogP contribution in [0.5, 0.6) is 11.5 Å². The number of benzene rings is 2. The Morgan fingerprint density at radius 2 is 1.84 bits per heavy atom. The summed E-state index contributed by atoms with van der Waals surface area (Å²) in [6.07, 6.45) is -0.404. The summed E-state index contributed by atoms with van der Waals surface area (Å²) in [6, 6.07) is 8.87. The first-order valence-corrected chi connectivity index (χ1v) is 10.7. The first-order chi connectivity index (χ1) is 14.7. The normalized spacial score (nSPS) is 14.4. The van der Waals surface area contributed by atoms with Gasteiger partial charge in [-0.15, -0.1) is 0 Å². The quantitative estimate of drug-likeness (QED) is 0.484. The molecule has 0 aliphatic heterocycles. The molecule has 0 atom stereocenters. The van der Waals surface area contributed by atoms with Gasteiger partial charge in [-0.25, -0.2) is 0 Å². The number of thiocarbonyl (C=S) groups is 1. The van der Waals surface area contributed by atoms with E-state index in [0.29, 0.717) is 23.2 Å². The van der Waals surface area contributed by atoms with Crippen molar-refractivity contribution >= 4 is 34.6 Å². The first kappa shape index (κ1) is 23.5. The average molecular weight is 473 g/mol. The van der Waals surface area contributed by atoms with E-state index < -0.39 is 11.7 Å². The minimum atomic E-state index is -4.47. The van der Waals surface area contributed by atoms with Crippen molar-refractivity contribution in [2.75, 3.05) is 19.5 Å². The van der Waals surface area contributed by atoms with E-state index in [1.165, 1.54) is 6.07 Å². The zero-order valence-electron chi connectivity index (χ0n) is 17.3. The molecule has 31 heavy (non-hydrogen) atoms. The highest BCUT2D eigenvalue weighted by Gasteiger charge is 2.31. The molecule has 0 spiro atoms. The van der Waals surface area contributed by atoms with Gasteiger partial charge in [0, 0.05) is 24.2 Å². The van der Waals surface area contributed by atoms with E-state index in [2.05, 4.69) is 5.32 Å². The van der Waals surface area contributed by atoms with Gasteiger partial charge in [0.25, 0.3) is 0 Å². The van der Waals surface area contributed by atoms with E-state index in [1.54, 1.807) is 20.3 Å². The molecular weight excluding hydrogens is 449 g/mol. The number of ether oxygens (including phenoxy) is 2. The molecule has 1 saturated carbocycles. The molecule has 0 radical (unpaired) electrons. The lowest BCUT2D eigenvalue weighted by atomic mass is 10.1. The van der Waals surface area contributed by atoms with Crippen LogP contribution in [-0.4, -0.2) is 30.3 Å². The summed E-state index contributed by atoms with van der Waals surface area (Å²) in [5.41, 5.74) is 0.243. The van der Waals surface area contributed by atoms with E-state index >= 15 is 0 Å². The maximum Gasteiger partial charge on any atom is 0.416 e. The minimum absolute atomic E-state index is 0.131. The topological polar surface area (TPSA) is 33.7 Å². The third kappa shape index (κ3) is 5.74. The minimum Gasteiger partial charge on any atom is -0.497 e. The van der Waals surface area contributed by atoms with Crippen LogP contribution in [0, 0.1) is 0 Å².